The number of nitrogens with zero attached hydrogens (tertiary/aromatic N) is 1. The van der Waals surface area contributed by atoms with Gasteiger partial charge in [0.1, 0.15) is 0 Å². The molecule has 0 spiro atoms. The van der Waals surface area contributed by atoms with Gasteiger partial charge in [-0.15, -0.1) is 0 Å². The summed E-state index contributed by atoms with van der Waals surface area (Å²) in [5.41, 5.74) is 6.35. The largest absolute Gasteiger partial charge is 0.395 e. The Balaban J connectivity index is 2.53. The molecule has 1 fully saturated rings. The first-order chi connectivity index (χ1) is 8.15. The smallest absolute Gasteiger partial charge is 0.0558 e. The maximum atomic E-state index is 9.12. The molecule has 0 aliphatic heterocycles. The molecule has 0 saturated heterocycles. The van der Waals surface area contributed by atoms with E-state index in [2.05, 4.69) is 18.7 Å². The van der Waals surface area contributed by atoms with E-state index in [4.69, 9.17) is 10.8 Å². The van der Waals surface area contributed by atoms with Gasteiger partial charge in [0, 0.05) is 13.1 Å². The molecular weight excluding hydrogens is 212 g/mol. The molecule has 1 aliphatic carbocycles. The number of rotatable bonds is 7. The van der Waals surface area contributed by atoms with Crippen molar-refractivity contribution in [1.82, 2.24) is 4.90 Å². The lowest BCUT2D eigenvalue weighted by Crippen LogP contribution is -2.45. The monoisotopic (exact) mass is 242 g/mol. The van der Waals surface area contributed by atoms with Gasteiger partial charge in [-0.1, -0.05) is 26.7 Å². The van der Waals surface area contributed by atoms with E-state index in [0.29, 0.717) is 5.41 Å². The van der Waals surface area contributed by atoms with E-state index in [9.17, 15) is 0 Å². The maximum absolute atomic E-state index is 9.12. The normalized spacial score (nSPS) is 29.8. The van der Waals surface area contributed by atoms with Crippen LogP contribution in [0.3, 0.4) is 0 Å². The second-order valence-electron chi connectivity index (χ2n) is 5.89. The quantitative estimate of drug-likeness (QED) is 0.716. The fraction of sp³-hybridized carbons (Fsp3) is 1.00. The molecule has 3 nitrogen and oxygen atoms in total. The minimum atomic E-state index is 0.261. The van der Waals surface area contributed by atoms with Crippen LogP contribution in [0.1, 0.15) is 46.0 Å². The van der Waals surface area contributed by atoms with Gasteiger partial charge in [-0.2, -0.15) is 0 Å². The third kappa shape index (κ3) is 4.57. The predicted molar refractivity (Wildman–Crippen MR) is 72.9 cm³/mol. The Morgan fingerprint density at radius 1 is 1.29 bits per heavy atom. The van der Waals surface area contributed by atoms with Gasteiger partial charge in [0.25, 0.3) is 0 Å². The Kier molecular flexibility index (Phi) is 6.45. The van der Waals surface area contributed by atoms with Gasteiger partial charge in [-0.05, 0) is 43.7 Å². The number of hydrogen-bond acceptors (Lipinski definition) is 3. The Labute approximate surface area is 106 Å². The molecule has 0 aromatic rings. The molecule has 1 saturated carbocycles. The Morgan fingerprint density at radius 2 is 1.94 bits per heavy atom. The molecule has 0 aromatic heterocycles. The molecule has 0 radical (unpaired) electrons. The van der Waals surface area contributed by atoms with Crippen LogP contribution < -0.4 is 5.73 Å². The highest BCUT2D eigenvalue weighted by atomic mass is 16.3. The zero-order chi connectivity index (χ0) is 12.7. The lowest BCUT2D eigenvalue weighted by Gasteiger charge is -2.42. The molecule has 0 heterocycles. The Bertz CT molecular complexity index is 194. The fourth-order valence-electron chi connectivity index (χ4n) is 3.00. The topological polar surface area (TPSA) is 49.5 Å². The van der Waals surface area contributed by atoms with Crippen LogP contribution in [-0.4, -0.2) is 42.8 Å². The molecule has 0 aromatic carbocycles. The molecule has 0 unspecified atom stereocenters. The molecule has 102 valence electrons. The van der Waals surface area contributed by atoms with Crippen LogP contribution in [0.5, 0.6) is 0 Å². The molecule has 0 amide bonds. The minimum Gasteiger partial charge on any atom is -0.395 e. The van der Waals surface area contributed by atoms with E-state index in [-0.39, 0.29) is 6.61 Å². The van der Waals surface area contributed by atoms with Crippen molar-refractivity contribution in [3.63, 3.8) is 0 Å². The standard InChI is InChI=1S/C14H30N2O/c1-3-8-16(9-10-17)12-14(11-15)6-4-13(2)5-7-14/h13,17H,3-12,15H2,1-2H3. The van der Waals surface area contributed by atoms with E-state index in [1.165, 1.54) is 25.7 Å². The van der Waals surface area contributed by atoms with Gasteiger partial charge < -0.3 is 15.7 Å². The number of nitrogens with two attached hydrogens (primary N) is 1. The molecule has 1 rings (SSSR count). The summed E-state index contributed by atoms with van der Waals surface area (Å²) in [6, 6.07) is 0. The molecule has 3 N–H and O–H groups in total. The summed E-state index contributed by atoms with van der Waals surface area (Å²) < 4.78 is 0. The summed E-state index contributed by atoms with van der Waals surface area (Å²) in [7, 11) is 0. The predicted octanol–water partition coefficient (Wildman–Crippen LogP) is 1.85. The third-order valence-corrected chi connectivity index (χ3v) is 4.28. The second-order valence-corrected chi connectivity index (χ2v) is 5.89. The van der Waals surface area contributed by atoms with Crippen LogP contribution in [0.15, 0.2) is 0 Å². The van der Waals surface area contributed by atoms with Gasteiger partial charge in [0.15, 0.2) is 0 Å². The van der Waals surface area contributed by atoms with E-state index < -0.39 is 0 Å². The lowest BCUT2D eigenvalue weighted by molar-refractivity contribution is 0.0830. The molecule has 1 aliphatic rings. The van der Waals surface area contributed by atoms with Gasteiger partial charge >= 0.3 is 0 Å². The molecule has 0 atom stereocenters. The van der Waals surface area contributed by atoms with Crippen LogP contribution in [0.2, 0.25) is 0 Å². The van der Waals surface area contributed by atoms with Crippen molar-refractivity contribution in [2.45, 2.75) is 46.0 Å². The van der Waals surface area contributed by atoms with Crippen LogP contribution in [0.4, 0.5) is 0 Å². The van der Waals surface area contributed by atoms with Crippen molar-refractivity contribution in [3.8, 4) is 0 Å². The highest BCUT2D eigenvalue weighted by Gasteiger charge is 2.34. The molecule has 3 heteroatoms. The summed E-state index contributed by atoms with van der Waals surface area (Å²) in [5, 5.41) is 9.12. The number of aliphatic hydroxyl groups excluding tert-OH is 1. The Hall–Kier alpha value is -0.120. The molecule has 17 heavy (non-hydrogen) atoms. The highest BCUT2D eigenvalue weighted by molar-refractivity contribution is 4.88. The number of hydrogen-bond donors (Lipinski definition) is 2. The summed E-state index contributed by atoms with van der Waals surface area (Å²) in [4.78, 5) is 2.39. The van der Waals surface area contributed by atoms with E-state index >= 15 is 0 Å². The lowest BCUT2D eigenvalue weighted by atomic mass is 9.70. The first kappa shape index (κ1) is 14.9. The summed E-state index contributed by atoms with van der Waals surface area (Å²) in [6.45, 7) is 8.55. The zero-order valence-corrected chi connectivity index (χ0v) is 11.6. The first-order valence-corrected chi connectivity index (χ1v) is 7.19. The zero-order valence-electron chi connectivity index (χ0n) is 11.6. The van der Waals surface area contributed by atoms with Crippen LogP contribution in [0, 0.1) is 11.3 Å². The van der Waals surface area contributed by atoms with Gasteiger partial charge in [-0.25, -0.2) is 0 Å². The average molecular weight is 242 g/mol. The van der Waals surface area contributed by atoms with E-state index in [1.54, 1.807) is 0 Å². The minimum absolute atomic E-state index is 0.261. The molecular formula is C14H30N2O. The summed E-state index contributed by atoms with van der Waals surface area (Å²) >= 11 is 0. The molecule has 0 bridgehead atoms. The van der Waals surface area contributed by atoms with Crippen LogP contribution in [0.25, 0.3) is 0 Å². The highest BCUT2D eigenvalue weighted by Crippen LogP contribution is 2.38. The summed E-state index contributed by atoms with van der Waals surface area (Å²) in [6.07, 6.45) is 6.30. The van der Waals surface area contributed by atoms with Crippen LogP contribution in [-0.2, 0) is 0 Å². The third-order valence-electron chi connectivity index (χ3n) is 4.28. The second kappa shape index (κ2) is 7.34. The van der Waals surface area contributed by atoms with E-state index in [1.807, 2.05) is 0 Å². The van der Waals surface area contributed by atoms with Crippen molar-refractivity contribution in [1.29, 1.82) is 0 Å². The van der Waals surface area contributed by atoms with Gasteiger partial charge in [0.05, 0.1) is 6.61 Å². The van der Waals surface area contributed by atoms with Crippen molar-refractivity contribution >= 4 is 0 Å². The van der Waals surface area contributed by atoms with Crippen molar-refractivity contribution < 1.29 is 5.11 Å². The van der Waals surface area contributed by atoms with Crippen molar-refractivity contribution in [2.75, 3.05) is 32.8 Å². The number of aliphatic hydroxyl groups is 1. The summed E-state index contributed by atoms with van der Waals surface area (Å²) in [5.74, 6) is 0.868. The average Bonchev–Trinajstić information content (AvgIpc) is 2.33. The van der Waals surface area contributed by atoms with Crippen molar-refractivity contribution in [2.24, 2.45) is 17.1 Å². The van der Waals surface area contributed by atoms with Crippen LogP contribution >= 0.6 is 0 Å². The van der Waals surface area contributed by atoms with Gasteiger partial charge in [-0.3, -0.25) is 0 Å². The van der Waals surface area contributed by atoms with Gasteiger partial charge in [0.2, 0.25) is 0 Å². The Morgan fingerprint density at radius 3 is 2.41 bits per heavy atom. The first-order valence-electron chi connectivity index (χ1n) is 7.19. The maximum Gasteiger partial charge on any atom is 0.0558 e. The van der Waals surface area contributed by atoms with E-state index in [0.717, 1.165) is 38.5 Å². The SMILES string of the molecule is CCCN(CCO)CC1(CN)CCC(C)CC1. The fourth-order valence-corrected chi connectivity index (χ4v) is 3.00. The van der Waals surface area contributed by atoms with Crippen molar-refractivity contribution in [3.05, 3.63) is 0 Å².